The Bertz CT molecular complexity index is 1610. The summed E-state index contributed by atoms with van der Waals surface area (Å²) < 4.78 is 8.00. The molecule has 212 valence electrons. The van der Waals surface area contributed by atoms with Gasteiger partial charge in [-0.3, -0.25) is 4.79 Å². The molecule has 1 amide bonds. The van der Waals surface area contributed by atoms with Gasteiger partial charge in [0.1, 0.15) is 18.4 Å². The predicted molar refractivity (Wildman–Crippen MR) is 167 cm³/mol. The number of allylic oxidation sites excluding steroid dienone is 1. The molecule has 1 aliphatic rings. The topological polar surface area (TPSA) is 81.1 Å². The summed E-state index contributed by atoms with van der Waals surface area (Å²) in [6.45, 7) is 12.9. The standard InChI is InChI=1S/C33H37N5O2S/c1-7-16-41-33-36-32-34-24(6)29(31(39)35-28-11-9-8-10-20(28)2)30(38(32)37-33)25-12-14-27(15-13-25)40-19-26-18-22(4)21(3)17-23(26)5/h8-15,17-18,30H,7,16,19H2,1-6H3,(H,35,39)(H,34,36,37). The highest BCUT2D eigenvalue weighted by Gasteiger charge is 2.34. The largest absolute Gasteiger partial charge is 0.489 e. The highest BCUT2D eigenvalue weighted by Crippen LogP contribution is 2.37. The number of anilines is 2. The zero-order valence-electron chi connectivity index (χ0n) is 24.5. The quantitative estimate of drug-likeness (QED) is 0.204. The van der Waals surface area contributed by atoms with Crippen molar-refractivity contribution >= 4 is 29.3 Å². The average Bonchev–Trinajstić information content (AvgIpc) is 3.36. The molecule has 41 heavy (non-hydrogen) atoms. The molecular weight excluding hydrogens is 530 g/mol. The second kappa shape index (κ2) is 12.2. The first-order chi connectivity index (χ1) is 19.7. The Morgan fingerprint density at radius 3 is 2.44 bits per heavy atom. The van der Waals surface area contributed by atoms with E-state index < -0.39 is 6.04 Å². The average molecular weight is 568 g/mol. The number of thioether (sulfide) groups is 1. The van der Waals surface area contributed by atoms with Crippen molar-refractivity contribution < 1.29 is 9.53 Å². The van der Waals surface area contributed by atoms with Crippen molar-refractivity contribution in [2.24, 2.45) is 0 Å². The lowest BCUT2D eigenvalue weighted by Gasteiger charge is -2.29. The van der Waals surface area contributed by atoms with E-state index in [2.05, 4.69) is 50.5 Å². The van der Waals surface area contributed by atoms with Gasteiger partial charge in [-0.15, -0.1) is 5.10 Å². The van der Waals surface area contributed by atoms with E-state index in [1.165, 1.54) is 22.3 Å². The van der Waals surface area contributed by atoms with Crippen LogP contribution in [0.5, 0.6) is 5.75 Å². The van der Waals surface area contributed by atoms with Crippen LogP contribution in [0.15, 0.2) is 77.1 Å². The molecule has 2 heterocycles. The van der Waals surface area contributed by atoms with Crippen LogP contribution in [0.25, 0.3) is 0 Å². The summed E-state index contributed by atoms with van der Waals surface area (Å²) in [6.07, 6.45) is 1.02. The van der Waals surface area contributed by atoms with Crippen LogP contribution in [0.1, 0.15) is 59.7 Å². The van der Waals surface area contributed by atoms with Crippen LogP contribution in [-0.2, 0) is 11.4 Å². The first kappa shape index (κ1) is 28.5. The molecule has 0 fully saturated rings. The summed E-state index contributed by atoms with van der Waals surface area (Å²) in [7, 11) is 0. The third-order valence-electron chi connectivity index (χ3n) is 7.45. The minimum atomic E-state index is -0.449. The van der Waals surface area contributed by atoms with Gasteiger partial charge in [-0.2, -0.15) is 4.98 Å². The molecule has 8 heteroatoms. The van der Waals surface area contributed by atoms with E-state index in [0.29, 0.717) is 23.3 Å². The maximum absolute atomic E-state index is 13.8. The van der Waals surface area contributed by atoms with Gasteiger partial charge in [0.2, 0.25) is 11.1 Å². The van der Waals surface area contributed by atoms with Crippen molar-refractivity contribution in [1.29, 1.82) is 0 Å². The number of amides is 1. The molecule has 0 radical (unpaired) electrons. The molecule has 0 bridgehead atoms. The van der Waals surface area contributed by atoms with E-state index in [1.807, 2.05) is 67.1 Å². The SMILES string of the molecule is CCCSc1nc2n(n1)C(c1ccc(OCc3cc(C)c(C)cc3C)cc1)C(C(=O)Nc1ccccc1C)=C(C)N2. The molecule has 3 aromatic carbocycles. The van der Waals surface area contributed by atoms with E-state index in [0.717, 1.165) is 40.4 Å². The number of hydrogen-bond acceptors (Lipinski definition) is 6. The first-order valence-electron chi connectivity index (χ1n) is 14.0. The van der Waals surface area contributed by atoms with Gasteiger partial charge < -0.3 is 15.4 Å². The molecule has 1 atom stereocenters. The minimum Gasteiger partial charge on any atom is -0.489 e. The van der Waals surface area contributed by atoms with Crippen molar-refractivity contribution in [2.75, 3.05) is 16.4 Å². The number of ether oxygens (including phenoxy) is 1. The van der Waals surface area contributed by atoms with Crippen LogP contribution in [0.4, 0.5) is 11.6 Å². The van der Waals surface area contributed by atoms with Crippen molar-refractivity contribution in [2.45, 2.75) is 65.8 Å². The van der Waals surface area contributed by atoms with Gasteiger partial charge in [0, 0.05) is 17.1 Å². The lowest BCUT2D eigenvalue weighted by Crippen LogP contribution is -2.31. The normalized spacial score (nSPS) is 14.4. The number of benzene rings is 3. The number of para-hydroxylation sites is 1. The van der Waals surface area contributed by atoms with E-state index in [1.54, 1.807) is 11.8 Å². The third kappa shape index (κ3) is 6.17. The van der Waals surface area contributed by atoms with Crippen molar-refractivity contribution in [3.8, 4) is 5.75 Å². The summed E-state index contributed by atoms with van der Waals surface area (Å²) in [5, 5.41) is 12.0. The van der Waals surface area contributed by atoms with Crippen LogP contribution in [-0.4, -0.2) is 26.4 Å². The fourth-order valence-electron chi connectivity index (χ4n) is 4.97. The highest BCUT2D eigenvalue weighted by atomic mass is 32.2. The second-order valence-corrected chi connectivity index (χ2v) is 11.6. The predicted octanol–water partition coefficient (Wildman–Crippen LogP) is 7.52. The van der Waals surface area contributed by atoms with Crippen molar-refractivity contribution in [1.82, 2.24) is 14.8 Å². The molecule has 1 unspecified atom stereocenters. The molecule has 0 aliphatic carbocycles. The number of rotatable bonds is 9. The fraction of sp³-hybridized carbons (Fsp3) is 0.303. The third-order valence-corrected chi connectivity index (χ3v) is 8.49. The fourth-order valence-corrected chi connectivity index (χ4v) is 5.66. The summed E-state index contributed by atoms with van der Waals surface area (Å²) in [4.78, 5) is 18.5. The summed E-state index contributed by atoms with van der Waals surface area (Å²) >= 11 is 1.61. The van der Waals surface area contributed by atoms with Gasteiger partial charge in [0.15, 0.2) is 0 Å². The lowest BCUT2D eigenvalue weighted by atomic mass is 9.95. The zero-order valence-corrected chi connectivity index (χ0v) is 25.4. The molecular formula is C33H37N5O2S. The Morgan fingerprint density at radius 1 is 0.976 bits per heavy atom. The lowest BCUT2D eigenvalue weighted by molar-refractivity contribution is -0.113. The number of nitrogens with one attached hydrogen (secondary N) is 2. The number of fused-ring (bicyclic) bond motifs is 1. The Morgan fingerprint density at radius 2 is 1.71 bits per heavy atom. The highest BCUT2D eigenvalue weighted by molar-refractivity contribution is 7.99. The van der Waals surface area contributed by atoms with Crippen molar-refractivity contribution in [3.63, 3.8) is 0 Å². The molecule has 2 N–H and O–H groups in total. The Hall–Kier alpha value is -4.04. The summed E-state index contributed by atoms with van der Waals surface area (Å²) in [5.74, 6) is 2.14. The smallest absolute Gasteiger partial charge is 0.255 e. The van der Waals surface area contributed by atoms with E-state index in [9.17, 15) is 4.79 Å². The molecule has 5 rings (SSSR count). The van der Waals surface area contributed by atoms with Gasteiger partial charge in [-0.05, 0) is 92.6 Å². The molecule has 0 saturated carbocycles. The number of hydrogen-bond donors (Lipinski definition) is 2. The molecule has 1 aliphatic heterocycles. The van der Waals surface area contributed by atoms with Gasteiger partial charge in [-0.1, -0.05) is 61.2 Å². The van der Waals surface area contributed by atoms with Gasteiger partial charge >= 0.3 is 0 Å². The zero-order chi connectivity index (χ0) is 29.1. The van der Waals surface area contributed by atoms with Gasteiger partial charge in [0.25, 0.3) is 5.91 Å². The van der Waals surface area contributed by atoms with Crippen LogP contribution in [0.2, 0.25) is 0 Å². The number of nitrogens with zero attached hydrogens (tertiary/aromatic N) is 3. The van der Waals surface area contributed by atoms with Crippen LogP contribution in [0, 0.1) is 27.7 Å². The van der Waals surface area contributed by atoms with E-state index in [-0.39, 0.29) is 5.91 Å². The Balaban J connectivity index is 1.45. The Labute approximate surface area is 246 Å². The first-order valence-corrected chi connectivity index (χ1v) is 15.0. The summed E-state index contributed by atoms with van der Waals surface area (Å²) in [6, 6.07) is 19.7. The maximum atomic E-state index is 13.8. The van der Waals surface area contributed by atoms with Crippen LogP contribution >= 0.6 is 11.8 Å². The second-order valence-electron chi connectivity index (χ2n) is 10.6. The maximum Gasteiger partial charge on any atom is 0.255 e. The number of carbonyl (C=O) groups is 1. The molecule has 0 saturated heterocycles. The number of aryl methyl sites for hydroxylation is 4. The van der Waals surface area contributed by atoms with Crippen LogP contribution < -0.4 is 15.4 Å². The monoisotopic (exact) mass is 567 g/mol. The van der Waals surface area contributed by atoms with E-state index >= 15 is 0 Å². The van der Waals surface area contributed by atoms with Gasteiger partial charge in [-0.25, -0.2) is 4.68 Å². The minimum absolute atomic E-state index is 0.177. The van der Waals surface area contributed by atoms with Gasteiger partial charge in [0.05, 0.1) is 5.57 Å². The van der Waals surface area contributed by atoms with Crippen molar-refractivity contribution in [3.05, 3.63) is 105 Å². The summed E-state index contributed by atoms with van der Waals surface area (Å²) in [5.41, 5.74) is 8.99. The van der Waals surface area contributed by atoms with Crippen LogP contribution in [0.3, 0.4) is 0 Å². The Kier molecular flexibility index (Phi) is 8.49. The molecule has 7 nitrogen and oxygen atoms in total. The number of carbonyl (C=O) groups excluding carboxylic acids is 1. The molecule has 1 aromatic heterocycles. The van der Waals surface area contributed by atoms with E-state index in [4.69, 9.17) is 14.8 Å². The molecule has 4 aromatic rings. The number of aromatic nitrogens is 3. The molecule has 0 spiro atoms.